The third-order valence-corrected chi connectivity index (χ3v) is 6.28. The van der Waals surface area contributed by atoms with Crippen LogP contribution in [-0.4, -0.2) is 53.6 Å². The van der Waals surface area contributed by atoms with Crippen molar-refractivity contribution in [2.24, 2.45) is 0 Å². The lowest BCUT2D eigenvalue weighted by molar-refractivity contribution is -0.138. The second-order valence-corrected chi connectivity index (χ2v) is 8.81. The molecule has 26 heavy (non-hydrogen) atoms. The largest absolute Gasteiger partial charge is 0.338 e. The van der Waals surface area contributed by atoms with Gasteiger partial charge >= 0.3 is 6.03 Å². The normalized spacial score (nSPS) is 27.8. The van der Waals surface area contributed by atoms with Gasteiger partial charge in [0.15, 0.2) is 5.72 Å². The lowest BCUT2D eigenvalue weighted by atomic mass is 10.0. The molecule has 0 radical (unpaired) electrons. The average Bonchev–Trinajstić information content (AvgIpc) is 2.77. The number of carbonyl (C=O) groups excluding carboxylic acids is 2. The van der Waals surface area contributed by atoms with E-state index in [4.69, 9.17) is 4.74 Å². The maximum absolute atomic E-state index is 13.3. The van der Waals surface area contributed by atoms with E-state index in [9.17, 15) is 9.59 Å². The van der Waals surface area contributed by atoms with Crippen molar-refractivity contribution in [2.75, 3.05) is 30.3 Å². The maximum Gasteiger partial charge on any atom is 0.324 e. The van der Waals surface area contributed by atoms with Gasteiger partial charge in [0, 0.05) is 30.3 Å². The number of piperidine rings is 1. The Balaban J connectivity index is 1.56. The molecule has 3 amide bonds. The summed E-state index contributed by atoms with van der Waals surface area (Å²) in [5.74, 6) is 1.74. The van der Waals surface area contributed by atoms with Crippen LogP contribution in [0.1, 0.15) is 32.3 Å². The molecule has 1 spiro atoms. The maximum atomic E-state index is 13.3. The second-order valence-electron chi connectivity index (χ2n) is 7.70. The predicted molar refractivity (Wildman–Crippen MR) is 102 cm³/mol. The highest BCUT2D eigenvalue weighted by molar-refractivity contribution is 7.98. The monoisotopic (exact) mass is 375 g/mol. The number of likely N-dealkylation sites (tertiary alicyclic amines) is 1. The van der Waals surface area contributed by atoms with Gasteiger partial charge in [0.05, 0.1) is 6.54 Å². The molecule has 0 aromatic heterocycles. The number of carbonyl (C=O) groups is 2. The fourth-order valence-electron chi connectivity index (χ4n) is 4.01. The molecule has 140 valence electrons. The lowest BCUT2D eigenvalue weighted by Crippen LogP contribution is -2.59. The number of rotatable bonds is 0. The van der Waals surface area contributed by atoms with E-state index in [1.807, 2.05) is 39.8 Å². The summed E-state index contributed by atoms with van der Waals surface area (Å²) in [5.41, 5.74) is 0.590. The van der Waals surface area contributed by atoms with Crippen molar-refractivity contribution in [1.29, 1.82) is 0 Å². The summed E-state index contributed by atoms with van der Waals surface area (Å²) in [6.07, 6.45) is 1.55. The molecule has 1 aromatic rings. The van der Waals surface area contributed by atoms with Crippen LogP contribution in [0.2, 0.25) is 0 Å². The minimum absolute atomic E-state index is 0.00146. The van der Waals surface area contributed by atoms with E-state index in [1.165, 1.54) is 5.56 Å². The van der Waals surface area contributed by atoms with Crippen LogP contribution in [0, 0.1) is 0 Å². The molecule has 2 saturated heterocycles. The Morgan fingerprint density at radius 3 is 2.85 bits per heavy atom. The SMILES string of the molecule is CC1(C)OC2(CCCN(C(=O)N3CCSCc4ccccc43)C2)NC1=O. The molecule has 3 heterocycles. The Hall–Kier alpha value is -1.73. The van der Waals surface area contributed by atoms with Gasteiger partial charge in [0.2, 0.25) is 0 Å². The Morgan fingerprint density at radius 2 is 2.08 bits per heavy atom. The van der Waals surface area contributed by atoms with Crippen molar-refractivity contribution >= 4 is 29.4 Å². The summed E-state index contributed by atoms with van der Waals surface area (Å²) in [4.78, 5) is 29.2. The molecule has 0 saturated carbocycles. The molecule has 0 bridgehead atoms. The molecule has 1 atom stereocenters. The van der Waals surface area contributed by atoms with E-state index < -0.39 is 11.3 Å². The van der Waals surface area contributed by atoms with E-state index >= 15 is 0 Å². The molecule has 3 aliphatic rings. The zero-order chi connectivity index (χ0) is 18.4. The minimum atomic E-state index is -0.849. The van der Waals surface area contributed by atoms with Crippen molar-refractivity contribution in [3.8, 4) is 0 Å². The van der Waals surface area contributed by atoms with Gasteiger partial charge in [0.1, 0.15) is 5.60 Å². The summed E-state index contributed by atoms with van der Waals surface area (Å²) in [7, 11) is 0. The molecule has 1 N–H and O–H groups in total. The van der Waals surface area contributed by atoms with Gasteiger partial charge in [-0.05, 0) is 38.3 Å². The van der Waals surface area contributed by atoms with Gasteiger partial charge in [-0.25, -0.2) is 4.79 Å². The van der Waals surface area contributed by atoms with Crippen LogP contribution in [0.3, 0.4) is 0 Å². The number of fused-ring (bicyclic) bond motifs is 1. The zero-order valence-corrected chi connectivity index (χ0v) is 16.1. The third-order valence-electron chi connectivity index (χ3n) is 5.29. The van der Waals surface area contributed by atoms with Crippen LogP contribution in [0.5, 0.6) is 0 Å². The van der Waals surface area contributed by atoms with Crippen LogP contribution in [0.15, 0.2) is 24.3 Å². The lowest BCUT2D eigenvalue weighted by Gasteiger charge is -2.41. The molecule has 6 nitrogen and oxygen atoms in total. The first-order valence-electron chi connectivity index (χ1n) is 9.15. The molecule has 2 fully saturated rings. The highest BCUT2D eigenvalue weighted by Crippen LogP contribution is 2.35. The van der Waals surface area contributed by atoms with Crippen molar-refractivity contribution in [2.45, 2.75) is 43.8 Å². The number of ether oxygens (including phenoxy) is 1. The van der Waals surface area contributed by atoms with Gasteiger partial charge in [0.25, 0.3) is 5.91 Å². The van der Waals surface area contributed by atoms with Crippen molar-refractivity contribution in [1.82, 2.24) is 10.2 Å². The summed E-state index contributed by atoms with van der Waals surface area (Å²) in [6.45, 7) is 5.34. The van der Waals surface area contributed by atoms with Crippen molar-refractivity contribution in [3.63, 3.8) is 0 Å². The van der Waals surface area contributed by atoms with Crippen LogP contribution >= 0.6 is 11.8 Å². The van der Waals surface area contributed by atoms with E-state index in [1.54, 1.807) is 13.8 Å². The molecule has 1 aromatic carbocycles. The fraction of sp³-hybridized carbons (Fsp3) is 0.579. The molecule has 1 unspecified atom stereocenters. The fourth-order valence-corrected chi connectivity index (χ4v) is 4.93. The number of hydrogen-bond donors (Lipinski definition) is 1. The number of nitrogens with one attached hydrogen (secondary N) is 1. The number of benzene rings is 1. The third kappa shape index (κ3) is 3.07. The Morgan fingerprint density at radius 1 is 1.27 bits per heavy atom. The topological polar surface area (TPSA) is 61.9 Å². The molecular formula is C19H25N3O3S. The number of anilines is 1. The van der Waals surface area contributed by atoms with Crippen molar-refractivity contribution in [3.05, 3.63) is 29.8 Å². The average molecular weight is 375 g/mol. The number of amides is 3. The van der Waals surface area contributed by atoms with Gasteiger partial charge in [-0.15, -0.1) is 0 Å². The van der Waals surface area contributed by atoms with Crippen molar-refractivity contribution < 1.29 is 14.3 Å². The number of nitrogens with zero attached hydrogens (tertiary/aromatic N) is 2. The predicted octanol–water partition coefficient (Wildman–Crippen LogP) is 2.58. The summed E-state index contributed by atoms with van der Waals surface area (Å²) in [6, 6.07) is 8.12. The Bertz CT molecular complexity index is 738. The first kappa shape index (κ1) is 17.7. The summed E-state index contributed by atoms with van der Waals surface area (Å²) < 4.78 is 6.07. The highest BCUT2D eigenvalue weighted by Gasteiger charge is 2.52. The second kappa shape index (κ2) is 6.46. The molecule has 0 aliphatic carbocycles. The summed E-state index contributed by atoms with van der Waals surface area (Å²) >= 11 is 1.85. The van der Waals surface area contributed by atoms with Crippen LogP contribution in [0.4, 0.5) is 10.5 Å². The van der Waals surface area contributed by atoms with E-state index in [0.717, 1.165) is 30.0 Å². The van der Waals surface area contributed by atoms with Gasteiger partial charge in [-0.3, -0.25) is 9.69 Å². The zero-order valence-electron chi connectivity index (χ0n) is 15.3. The van der Waals surface area contributed by atoms with E-state index in [2.05, 4.69) is 11.4 Å². The van der Waals surface area contributed by atoms with Gasteiger partial charge in [-0.2, -0.15) is 11.8 Å². The Kier molecular flexibility index (Phi) is 4.39. The van der Waals surface area contributed by atoms with Crippen LogP contribution < -0.4 is 10.2 Å². The number of hydrogen-bond acceptors (Lipinski definition) is 4. The number of urea groups is 1. The number of para-hydroxylation sites is 1. The smallest absolute Gasteiger partial charge is 0.324 e. The van der Waals surface area contributed by atoms with Crippen LogP contribution in [-0.2, 0) is 15.3 Å². The Labute approximate surface area is 158 Å². The first-order chi connectivity index (χ1) is 12.4. The quantitative estimate of drug-likeness (QED) is 0.757. The summed E-state index contributed by atoms with van der Waals surface area (Å²) in [5, 5.41) is 3.00. The molecular weight excluding hydrogens is 350 g/mol. The molecule has 4 rings (SSSR count). The number of thioether (sulfide) groups is 1. The standard InChI is InChI=1S/C19H25N3O3S/c1-18(2)16(23)20-19(25-18)8-5-9-21(13-19)17(24)22-10-11-26-12-14-6-3-4-7-15(14)22/h3-4,6-7H,5,8-13H2,1-2H3,(H,20,23). The van der Waals surface area contributed by atoms with Crippen LogP contribution in [0.25, 0.3) is 0 Å². The van der Waals surface area contributed by atoms with E-state index in [0.29, 0.717) is 19.6 Å². The highest BCUT2D eigenvalue weighted by atomic mass is 32.2. The van der Waals surface area contributed by atoms with Gasteiger partial charge < -0.3 is 15.0 Å². The molecule has 3 aliphatic heterocycles. The minimum Gasteiger partial charge on any atom is -0.338 e. The van der Waals surface area contributed by atoms with Gasteiger partial charge in [-0.1, -0.05) is 18.2 Å². The first-order valence-corrected chi connectivity index (χ1v) is 10.3. The molecule has 7 heteroatoms. The van der Waals surface area contributed by atoms with E-state index in [-0.39, 0.29) is 11.9 Å².